The summed E-state index contributed by atoms with van der Waals surface area (Å²) in [6, 6.07) is 2.26. The van der Waals surface area contributed by atoms with Gasteiger partial charge in [-0.25, -0.2) is 15.0 Å². The van der Waals surface area contributed by atoms with Crippen LogP contribution in [0.25, 0.3) is 0 Å². The molecule has 0 radical (unpaired) electrons. The van der Waals surface area contributed by atoms with E-state index in [9.17, 15) is 13.2 Å². The van der Waals surface area contributed by atoms with Crippen LogP contribution < -0.4 is 10.1 Å². The van der Waals surface area contributed by atoms with Crippen molar-refractivity contribution >= 4 is 17.6 Å². The molecule has 0 bridgehead atoms. The van der Waals surface area contributed by atoms with Crippen molar-refractivity contribution in [2.75, 3.05) is 19.5 Å². The monoisotopic (exact) mass is 316 g/mol. The zero-order valence-corrected chi connectivity index (χ0v) is 11.9. The van der Waals surface area contributed by atoms with Gasteiger partial charge in [0.2, 0.25) is 0 Å². The van der Waals surface area contributed by atoms with Gasteiger partial charge in [0.25, 0.3) is 0 Å². The average Bonchev–Trinajstić information content (AvgIpc) is 2.46. The molecule has 0 unspecified atom stereocenters. The molecule has 2 heterocycles. The number of nitrogens with one attached hydrogen (secondary N) is 1. The van der Waals surface area contributed by atoms with Crippen molar-refractivity contribution in [3.8, 4) is 5.75 Å². The van der Waals surface area contributed by atoms with E-state index in [0.29, 0.717) is 21.6 Å². The van der Waals surface area contributed by atoms with Crippen LogP contribution in [0.1, 0.15) is 5.56 Å². The third-order valence-corrected chi connectivity index (χ3v) is 3.41. The van der Waals surface area contributed by atoms with E-state index in [1.807, 2.05) is 0 Å². The third kappa shape index (κ3) is 3.54. The minimum atomic E-state index is -4.40. The number of aromatic nitrogens is 3. The Kier molecular flexibility index (Phi) is 4.51. The van der Waals surface area contributed by atoms with Gasteiger partial charge in [-0.1, -0.05) is 0 Å². The van der Waals surface area contributed by atoms with Gasteiger partial charge < -0.3 is 10.1 Å². The predicted octanol–water partition coefficient (Wildman–Crippen LogP) is 3.09. The Balaban J connectivity index is 2.26. The molecule has 0 amide bonds. The number of nitrogens with zero attached hydrogens (tertiary/aromatic N) is 3. The van der Waals surface area contributed by atoms with Crippen LogP contribution in [-0.2, 0) is 6.18 Å². The van der Waals surface area contributed by atoms with Gasteiger partial charge in [0.05, 0.1) is 12.7 Å². The maximum atomic E-state index is 12.5. The van der Waals surface area contributed by atoms with Gasteiger partial charge in [0.1, 0.15) is 16.4 Å². The van der Waals surface area contributed by atoms with E-state index < -0.39 is 11.7 Å². The molecule has 9 heteroatoms. The number of rotatable bonds is 4. The van der Waals surface area contributed by atoms with Crippen LogP contribution in [0.15, 0.2) is 34.7 Å². The first-order valence-corrected chi connectivity index (χ1v) is 6.55. The van der Waals surface area contributed by atoms with Gasteiger partial charge in [0.15, 0.2) is 11.6 Å². The molecular formula is C12H11F3N4OS. The van der Waals surface area contributed by atoms with Crippen molar-refractivity contribution < 1.29 is 17.9 Å². The number of pyridine rings is 1. The number of ether oxygens (including phenoxy) is 1. The van der Waals surface area contributed by atoms with E-state index in [0.717, 1.165) is 24.0 Å². The summed E-state index contributed by atoms with van der Waals surface area (Å²) in [5.74, 6) is 0.897. The van der Waals surface area contributed by atoms with Crippen molar-refractivity contribution in [1.29, 1.82) is 0 Å². The fourth-order valence-corrected chi connectivity index (χ4v) is 2.31. The number of halogens is 3. The number of alkyl halides is 3. The van der Waals surface area contributed by atoms with Gasteiger partial charge >= 0.3 is 6.18 Å². The third-order valence-electron chi connectivity index (χ3n) is 2.48. The smallest absolute Gasteiger partial charge is 0.417 e. The summed E-state index contributed by atoms with van der Waals surface area (Å²) in [6.07, 6.45) is -2.28. The molecule has 1 N–H and O–H groups in total. The first-order chi connectivity index (χ1) is 9.95. The maximum Gasteiger partial charge on any atom is 0.417 e. The molecule has 0 aliphatic heterocycles. The summed E-state index contributed by atoms with van der Waals surface area (Å²) in [5.41, 5.74) is -0.794. The Morgan fingerprint density at radius 2 is 1.95 bits per heavy atom. The van der Waals surface area contributed by atoms with Crippen molar-refractivity contribution in [1.82, 2.24) is 15.0 Å². The first kappa shape index (κ1) is 15.4. The molecule has 0 spiro atoms. The van der Waals surface area contributed by atoms with Crippen LogP contribution in [0.3, 0.4) is 0 Å². The summed E-state index contributed by atoms with van der Waals surface area (Å²) in [7, 11) is 3.14. The summed E-state index contributed by atoms with van der Waals surface area (Å²) < 4.78 is 42.6. The second kappa shape index (κ2) is 6.17. The zero-order valence-electron chi connectivity index (χ0n) is 11.1. The van der Waals surface area contributed by atoms with Gasteiger partial charge in [-0.2, -0.15) is 13.2 Å². The molecule has 0 fully saturated rings. The molecule has 112 valence electrons. The normalized spacial score (nSPS) is 11.3. The second-order valence-corrected chi connectivity index (χ2v) is 4.80. The minimum absolute atomic E-state index is 0.377. The minimum Gasteiger partial charge on any atom is -0.490 e. The Bertz CT molecular complexity index is 619. The summed E-state index contributed by atoms with van der Waals surface area (Å²) in [6.45, 7) is 0. The van der Waals surface area contributed by atoms with Crippen LogP contribution >= 0.6 is 11.8 Å². The number of anilines is 1. The number of methoxy groups -OCH3 is 1. The Morgan fingerprint density at radius 1 is 1.19 bits per heavy atom. The van der Waals surface area contributed by atoms with Crippen LogP contribution in [0.5, 0.6) is 5.75 Å². The highest BCUT2D eigenvalue weighted by Crippen LogP contribution is 2.36. The quantitative estimate of drug-likeness (QED) is 0.875. The van der Waals surface area contributed by atoms with Crippen LogP contribution in [0, 0.1) is 0 Å². The van der Waals surface area contributed by atoms with Crippen LogP contribution in [0.2, 0.25) is 0 Å². The Morgan fingerprint density at radius 3 is 2.48 bits per heavy atom. The van der Waals surface area contributed by atoms with Crippen LogP contribution in [0.4, 0.5) is 19.0 Å². The highest BCUT2D eigenvalue weighted by molar-refractivity contribution is 7.99. The molecule has 21 heavy (non-hydrogen) atoms. The molecule has 0 aliphatic carbocycles. The van der Waals surface area contributed by atoms with E-state index in [2.05, 4.69) is 20.3 Å². The lowest BCUT2D eigenvalue weighted by molar-refractivity contribution is -0.137. The lowest BCUT2D eigenvalue weighted by Gasteiger charge is -2.10. The molecular weight excluding hydrogens is 305 g/mol. The fourth-order valence-electron chi connectivity index (χ4n) is 1.50. The van der Waals surface area contributed by atoms with Crippen molar-refractivity contribution in [2.45, 2.75) is 16.2 Å². The molecule has 0 saturated heterocycles. The standard InChI is InChI=1S/C12H11F3N4OS/c1-16-10-9(20-2)11(19-6-18-10)21-8-4-3-7(5-17-8)12(13,14)15/h3-6H,1-2H3,(H,16,18,19). The van der Waals surface area contributed by atoms with E-state index in [-0.39, 0.29) is 0 Å². The molecule has 2 rings (SSSR count). The molecule has 2 aromatic heterocycles. The van der Waals surface area contributed by atoms with E-state index >= 15 is 0 Å². The van der Waals surface area contributed by atoms with E-state index in [1.54, 1.807) is 7.05 Å². The molecule has 0 saturated carbocycles. The largest absolute Gasteiger partial charge is 0.490 e. The fraction of sp³-hybridized carbons (Fsp3) is 0.250. The summed E-state index contributed by atoms with van der Waals surface area (Å²) in [5, 5.41) is 3.68. The van der Waals surface area contributed by atoms with Gasteiger partial charge in [0, 0.05) is 13.2 Å². The molecule has 0 atom stereocenters. The van der Waals surface area contributed by atoms with Crippen molar-refractivity contribution in [3.63, 3.8) is 0 Å². The maximum absolute atomic E-state index is 12.5. The van der Waals surface area contributed by atoms with Crippen molar-refractivity contribution in [3.05, 3.63) is 30.2 Å². The Labute approximate surface area is 123 Å². The SMILES string of the molecule is CNc1ncnc(Sc2ccc(C(F)(F)F)cn2)c1OC. The number of hydrogen-bond acceptors (Lipinski definition) is 6. The van der Waals surface area contributed by atoms with Crippen LogP contribution in [-0.4, -0.2) is 29.1 Å². The second-order valence-electron chi connectivity index (χ2n) is 3.80. The molecule has 2 aromatic rings. The molecule has 0 aromatic carbocycles. The first-order valence-electron chi connectivity index (χ1n) is 5.73. The van der Waals surface area contributed by atoms with Crippen molar-refractivity contribution in [2.24, 2.45) is 0 Å². The zero-order chi connectivity index (χ0) is 15.5. The topological polar surface area (TPSA) is 59.9 Å². The molecule has 0 aliphatic rings. The lowest BCUT2D eigenvalue weighted by atomic mass is 10.3. The van der Waals surface area contributed by atoms with Gasteiger partial charge in [-0.3, -0.25) is 0 Å². The summed E-state index contributed by atoms with van der Waals surface area (Å²) in [4.78, 5) is 11.8. The summed E-state index contributed by atoms with van der Waals surface area (Å²) >= 11 is 1.09. The van der Waals surface area contributed by atoms with E-state index in [4.69, 9.17) is 4.74 Å². The highest BCUT2D eigenvalue weighted by Gasteiger charge is 2.30. The lowest BCUT2D eigenvalue weighted by Crippen LogP contribution is -2.05. The van der Waals surface area contributed by atoms with E-state index in [1.165, 1.54) is 19.5 Å². The van der Waals surface area contributed by atoms with Gasteiger partial charge in [-0.05, 0) is 23.9 Å². The Hall–Kier alpha value is -2.03. The molecule has 5 nitrogen and oxygen atoms in total. The highest BCUT2D eigenvalue weighted by atomic mass is 32.2. The van der Waals surface area contributed by atoms with Gasteiger partial charge in [-0.15, -0.1) is 0 Å². The average molecular weight is 316 g/mol. The number of hydrogen-bond donors (Lipinski definition) is 1. The predicted molar refractivity (Wildman–Crippen MR) is 71.5 cm³/mol.